The molecule has 2 nitrogen and oxygen atoms in total. The normalized spacial score (nSPS) is 12.8. The molecule has 0 saturated carbocycles. The second-order valence-electron chi connectivity index (χ2n) is 5.52. The molecule has 1 aromatic rings. The van der Waals surface area contributed by atoms with Crippen LogP contribution in [0, 0.1) is 32.6 Å². The molecule has 0 bridgehead atoms. The highest BCUT2D eigenvalue weighted by Crippen LogP contribution is 2.22. The van der Waals surface area contributed by atoms with Crippen molar-refractivity contribution in [3.05, 3.63) is 34.4 Å². The molecule has 0 aliphatic heterocycles. The van der Waals surface area contributed by atoms with E-state index in [1.165, 1.54) is 11.1 Å². The number of carbonyl (C=O) groups excluding carboxylic acids is 1. The summed E-state index contributed by atoms with van der Waals surface area (Å²) in [5.41, 5.74) is 4.41. The molecule has 0 aromatic heterocycles. The standard InChI is InChI=1S/C16H25NO/c1-10(2)15(9-17-6)16(18)14-8-12(4)11(3)7-13(14)5/h7-8,10,15,17H,9H2,1-6H3. The van der Waals surface area contributed by atoms with Crippen LogP contribution >= 0.6 is 0 Å². The van der Waals surface area contributed by atoms with Gasteiger partial charge in [0, 0.05) is 18.0 Å². The third-order valence-electron chi connectivity index (χ3n) is 3.67. The number of hydrogen-bond acceptors (Lipinski definition) is 2. The van der Waals surface area contributed by atoms with Crippen LogP contribution in [0.2, 0.25) is 0 Å². The van der Waals surface area contributed by atoms with E-state index in [1.807, 2.05) is 20.0 Å². The fourth-order valence-electron chi connectivity index (χ4n) is 2.28. The fourth-order valence-corrected chi connectivity index (χ4v) is 2.28. The minimum Gasteiger partial charge on any atom is -0.319 e. The van der Waals surface area contributed by atoms with Crippen molar-refractivity contribution >= 4 is 5.78 Å². The Morgan fingerprint density at radius 2 is 1.67 bits per heavy atom. The molecule has 100 valence electrons. The van der Waals surface area contributed by atoms with Gasteiger partial charge in [-0.1, -0.05) is 19.9 Å². The summed E-state index contributed by atoms with van der Waals surface area (Å²) in [6.45, 7) is 11.1. The summed E-state index contributed by atoms with van der Waals surface area (Å²) in [7, 11) is 1.90. The predicted octanol–water partition coefficient (Wildman–Crippen LogP) is 3.29. The quantitative estimate of drug-likeness (QED) is 0.809. The van der Waals surface area contributed by atoms with Gasteiger partial charge in [-0.05, 0) is 56.5 Å². The van der Waals surface area contributed by atoms with Crippen molar-refractivity contribution in [2.75, 3.05) is 13.6 Å². The van der Waals surface area contributed by atoms with Gasteiger partial charge in [-0.25, -0.2) is 0 Å². The van der Waals surface area contributed by atoms with Gasteiger partial charge in [0.2, 0.25) is 0 Å². The first-order valence-corrected chi connectivity index (χ1v) is 6.65. The molecule has 0 radical (unpaired) electrons. The number of rotatable bonds is 5. The number of nitrogens with one attached hydrogen (secondary N) is 1. The second kappa shape index (κ2) is 6.14. The highest BCUT2D eigenvalue weighted by atomic mass is 16.1. The molecule has 1 unspecified atom stereocenters. The molecule has 18 heavy (non-hydrogen) atoms. The minimum absolute atomic E-state index is 0.0517. The molecule has 1 rings (SSSR count). The third-order valence-corrected chi connectivity index (χ3v) is 3.67. The second-order valence-corrected chi connectivity index (χ2v) is 5.52. The van der Waals surface area contributed by atoms with Gasteiger partial charge in [0.1, 0.15) is 0 Å². The number of aryl methyl sites for hydroxylation is 3. The molecular weight excluding hydrogens is 222 g/mol. The molecule has 1 atom stereocenters. The SMILES string of the molecule is CNCC(C(=O)c1cc(C)c(C)cc1C)C(C)C. The van der Waals surface area contributed by atoms with Crippen LogP contribution in [-0.2, 0) is 0 Å². The fraction of sp³-hybridized carbons (Fsp3) is 0.562. The molecule has 0 saturated heterocycles. The van der Waals surface area contributed by atoms with Crippen molar-refractivity contribution < 1.29 is 4.79 Å². The van der Waals surface area contributed by atoms with Gasteiger partial charge in [0.15, 0.2) is 5.78 Å². The largest absolute Gasteiger partial charge is 0.319 e. The molecule has 0 spiro atoms. The van der Waals surface area contributed by atoms with E-state index in [-0.39, 0.29) is 11.7 Å². The van der Waals surface area contributed by atoms with Gasteiger partial charge in [-0.2, -0.15) is 0 Å². The summed E-state index contributed by atoms with van der Waals surface area (Å²) < 4.78 is 0. The Hall–Kier alpha value is -1.15. The molecule has 0 fully saturated rings. The molecule has 0 aliphatic rings. The van der Waals surface area contributed by atoms with E-state index < -0.39 is 0 Å². The van der Waals surface area contributed by atoms with Crippen molar-refractivity contribution in [3.63, 3.8) is 0 Å². The summed E-state index contributed by atoms with van der Waals surface area (Å²) in [5, 5.41) is 3.12. The Kier molecular flexibility index (Phi) is 5.09. The summed E-state index contributed by atoms with van der Waals surface area (Å²) >= 11 is 0. The lowest BCUT2D eigenvalue weighted by Crippen LogP contribution is -2.31. The van der Waals surface area contributed by atoms with Gasteiger partial charge >= 0.3 is 0 Å². The topological polar surface area (TPSA) is 29.1 Å². The van der Waals surface area contributed by atoms with Gasteiger partial charge in [-0.3, -0.25) is 4.79 Å². The predicted molar refractivity (Wildman–Crippen MR) is 77.2 cm³/mol. The zero-order valence-electron chi connectivity index (χ0n) is 12.4. The van der Waals surface area contributed by atoms with Crippen LogP contribution in [0.25, 0.3) is 0 Å². The number of hydrogen-bond donors (Lipinski definition) is 1. The smallest absolute Gasteiger partial charge is 0.167 e. The first kappa shape index (κ1) is 14.9. The number of benzene rings is 1. The van der Waals surface area contributed by atoms with Crippen molar-refractivity contribution in [1.29, 1.82) is 0 Å². The van der Waals surface area contributed by atoms with E-state index in [9.17, 15) is 4.79 Å². The highest BCUT2D eigenvalue weighted by Gasteiger charge is 2.24. The molecule has 1 N–H and O–H groups in total. The Bertz CT molecular complexity index is 435. The van der Waals surface area contributed by atoms with E-state index in [4.69, 9.17) is 0 Å². The van der Waals surface area contributed by atoms with Crippen LogP contribution in [0.15, 0.2) is 12.1 Å². The number of carbonyl (C=O) groups is 1. The van der Waals surface area contributed by atoms with Gasteiger partial charge in [0.25, 0.3) is 0 Å². The zero-order chi connectivity index (χ0) is 13.9. The van der Waals surface area contributed by atoms with Gasteiger partial charge in [-0.15, -0.1) is 0 Å². The maximum atomic E-state index is 12.6. The van der Waals surface area contributed by atoms with Crippen LogP contribution < -0.4 is 5.32 Å². The van der Waals surface area contributed by atoms with E-state index in [0.717, 1.165) is 17.7 Å². The van der Waals surface area contributed by atoms with E-state index in [2.05, 4.69) is 39.1 Å². The van der Waals surface area contributed by atoms with E-state index in [1.54, 1.807) is 0 Å². The first-order chi connectivity index (χ1) is 8.38. The first-order valence-electron chi connectivity index (χ1n) is 6.65. The average Bonchev–Trinajstić information content (AvgIpc) is 2.29. The average molecular weight is 247 g/mol. The van der Waals surface area contributed by atoms with Crippen LogP contribution in [0.5, 0.6) is 0 Å². The van der Waals surface area contributed by atoms with Gasteiger partial charge < -0.3 is 5.32 Å². The zero-order valence-corrected chi connectivity index (χ0v) is 12.4. The Labute approximate surface area is 111 Å². The Balaban J connectivity index is 3.12. The van der Waals surface area contributed by atoms with Crippen LogP contribution in [0.4, 0.5) is 0 Å². The number of Topliss-reactive ketones (excluding diaryl/α,β-unsaturated/α-hetero) is 1. The third kappa shape index (κ3) is 3.20. The maximum absolute atomic E-state index is 12.6. The van der Waals surface area contributed by atoms with Crippen molar-refractivity contribution in [1.82, 2.24) is 5.32 Å². The lowest BCUT2D eigenvalue weighted by atomic mass is 9.85. The number of ketones is 1. The molecular formula is C16H25NO. The Morgan fingerprint density at radius 3 is 2.17 bits per heavy atom. The summed E-state index contributed by atoms with van der Waals surface area (Å²) in [6, 6.07) is 4.15. The maximum Gasteiger partial charge on any atom is 0.167 e. The van der Waals surface area contributed by atoms with E-state index in [0.29, 0.717) is 5.92 Å². The van der Waals surface area contributed by atoms with Crippen LogP contribution in [0.1, 0.15) is 40.9 Å². The van der Waals surface area contributed by atoms with Gasteiger partial charge in [0.05, 0.1) is 0 Å². The lowest BCUT2D eigenvalue weighted by Gasteiger charge is -2.21. The molecule has 1 aromatic carbocycles. The highest BCUT2D eigenvalue weighted by molar-refractivity contribution is 5.99. The summed E-state index contributed by atoms with van der Waals surface area (Å²) in [6.07, 6.45) is 0. The Morgan fingerprint density at radius 1 is 1.11 bits per heavy atom. The van der Waals surface area contributed by atoms with Crippen LogP contribution in [-0.4, -0.2) is 19.4 Å². The molecule has 0 amide bonds. The molecule has 2 heteroatoms. The monoisotopic (exact) mass is 247 g/mol. The molecule has 0 heterocycles. The van der Waals surface area contributed by atoms with Crippen LogP contribution in [0.3, 0.4) is 0 Å². The molecule has 0 aliphatic carbocycles. The lowest BCUT2D eigenvalue weighted by molar-refractivity contribution is 0.0885. The van der Waals surface area contributed by atoms with Crippen molar-refractivity contribution in [2.24, 2.45) is 11.8 Å². The van der Waals surface area contributed by atoms with Crippen molar-refractivity contribution in [3.8, 4) is 0 Å². The summed E-state index contributed by atoms with van der Waals surface area (Å²) in [5.74, 6) is 0.668. The van der Waals surface area contributed by atoms with E-state index >= 15 is 0 Å². The summed E-state index contributed by atoms with van der Waals surface area (Å²) in [4.78, 5) is 12.6. The van der Waals surface area contributed by atoms with Crippen molar-refractivity contribution in [2.45, 2.75) is 34.6 Å². The minimum atomic E-state index is 0.0517.